The van der Waals surface area contributed by atoms with E-state index < -0.39 is 0 Å². The van der Waals surface area contributed by atoms with Crippen LogP contribution >= 0.6 is 11.3 Å². The fraction of sp³-hybridized carbons (Fsp3) is 0.588. The van der Waals surface area contributed by atoms with Crippen molar-refractivity contribution in [2.75, 3.05) is 6.54 Å². The fourth-order valence-corrected chi connectivity index (χ4v) is 4.70. The van der Waals surface area contributed by atoms with Crippen molar-refractivity contribution in [3.8, 4) is 0 Å². The lowest BCUT2D eigenvalue weighted by Crippen LogP contribution is -2.39. The van der Waals surface area contributed by atoms with Crippen molar-refractivity contribution in [1.82, 2.24) is 19.7 Å². The van der Waals surface area contributed by atoms with E-state index in [1.807, 2.05) is 28.2 Å². The van der Waals surface area contributed by atoms with E-state index in [0.29, 0.717) is 0 Å². The highest BCUT2D eigenvalue weighted by atomic mass is 32.1. The molecule has 0 bridgehead atoms. The Morgan fingerprint density at radius 1 is 1.26 bits per heavy atom. The summed E-state index contributed by atoms with van der Waals surface area (Å²) in [5.41, 5.74) is 3.13. The summed E-state index contributed by atoms with van der Waals surface area (Å²) < 4.78 is 1.81. The minimum absolute atomic E-state index is 0.130. The second kappa shape index (κ2) is 6.07. The maximum atomic E-state index is 13.3. The average Bonchev–Trinajstić information content (AvgIpc) is 3.21. The average molecular weight is 330 g/mol. The monoisotopic (exact) mass is 330 g/mol. The number of carbonyl (C=O) groups is 1. The minimum atomic E-state index is 0.130. The van der Waals surface area contributed by atoms with Crippen molar-refractivity contribution in [1.29, 1.82) is 0 Å². The largest absolute Gasteiger partial charge is 0.328 e. The number of hydrogen-bond donors (Lipinski definition) is 0. The van der Waals surface area contributed by atoms with Crippen LogP contribution in [0.1, 0.15) is 64.9 Å². The predicted octanol–water partition coefficient (Wildman–Crippen LogP) is 3.12. The van der Waals surface area contributed by atoms with Gasteiger partial charge in [-0.3, -0.25) is 9.48 Å². The maximum absolute atomic E-state index is 13.3. The molecule has 1 saturated heterocycles. The standard InChI is InChI=1S/C17H22N4OS/c1-20-15(12-6-2-3-7-13(12)19-20)17(22)21-10-5-4-8-14(21)16-18-9-11-23-16/h9,11,14H,2-8,10H2,1H3/t14-/m0/s1. The Bertz CT molecular complexity index is 707. The molecule has 0 N–H and O–H groups in total. The maximum Gasteiger partial charge on any atom is 0.273 e. The van der Waals surface area contributed by atoms with Gasteiger partial charge in [-0.05, 0) is 44.9 Å². The lowest BCUT2D eigenvalue weighted by atomic mass is 9.94. The topological polar surface area (TPSA) is 51.0 Å². The van der Waals surface area contributed by atoms with Crippen LogP contribution in [-0.2, 0) is 19.9 Å². The third kappa shape index (κ3) is 2.59. The van der Waals surface area contributed by atoms with Gasteiger partial charge in [0.2, 0.25) is 0 Å². The van der Waals surface area contributed by atoms with Gasteiger partial charge in [0.1, 0.15) is 10.7 Å². The molecule has 23 heavy (non-hydrogen) atoms. The molecular weight excluding hydrogens is 308 g/mol. The second-order valence-corrected chi connectivity index (χ2v) is 7.41. The van der Waals surface area contributed by atoms with Gasteiger partial charge >= 0.3 is 0 Å². The molecule has 3 heterocycles. The first kappa shape index (κ1) is 14.9. The Balaban J connectivity index is 1.69. The minimum Gasteiger partial charge on any atom is -0.328 e. The van der Waals surface area contributed by atoms with E-state index in [2.05, 4.69) is 10.1 Å². The number of aryl methyl sites for hydroxylation is 2. The van der Waals surface area contributed by atoms with E-state index in [-0.39, 0.29) is 11.9 Å². The Labute approximate surface area is 140 Å². The molecule has 6 heteroatoms. The highest BCUT2D eigenvalue weighted by Gasteiger charge is 2.34. The predicted molar refractivity (Wildman–Crippen MR) is 89.6 cm³/mol. The van der Waals surface area contributed by atoms with E-state index in [4.69, 9.17) is 0 Å². The number of likely N-dealkylation sites (tertiary alicyclic amines) is 1. The number of carbonyl (C=O) groups excluding carboxylic acids is 1. The van der Waals surface area contributed by atoms with Gasteiger partial charge in [0.05, 0.1) is 11.7 Å². The highest BCUT2D eigenvalue weighted by Crippen LogP contribution is 2.34. The molecule has 1 amide bonds. The number of nitrogens with zero attached hydrogens (tertiary/aromatic N) is 4. The van der Waals surface area contributed by atoms with Gasteiger partial charge in [0, 0.05) is 30.7 Å². The summed E-state index contributed by atoms with van der Waals surface area (Å²) in [7, 11) is 1.91. The molecule has 0 aromatic carbocycles. The van der Waals surface area contributed by atoms with Crippen LogP contribution in [0.15, 0.2) is 11.6 Å². The van der Waals surface area contributed by atoms with Gasteiger partial charge < -0.3 is 4.90 Å². The molecule has 0 saturated carbocycles. The molecule has 0 radical (unpaired) electrons. The van der Waals surface area contributed by atoms with Crippen LogP contribution in [0.5, 0.6) is 0 Å². The van der Waals surface area contributed by atoms with E-state index >= 15 is 0 Å². The zero-order chi connectivity index (χ0) is 15.8. The summed E-state index contributed by atoms with van der Waals surface area (Å²) in [6.07, 6.45) is 9.43. The summed E-state index contributed by atoms with van der Waals surface area (Å²) >= 11 is 1.65. The first-order chi connectivity index (χ1) is 11.3. The molecule has 1 fully saturated rings. The number of aromatic nitrogens is 3. The summed E-state index contributed by atoms with van der Waals surface area (Å²) in [5, 5.41) is 7.67. The summed E-state index contributed by atoms with van der Waals surface area (Å²) in [6.45, 7) is 0.822. The number of piperidine rings is 1. The molecule has 2 aromatic rings. The molecule has 1 aliphatic heterocycles. The van der Waals surface area contributed by atoms with E-state index in [1.165, 1.54) is 12.0 Å². The third-order valence-electron chi connectivity index (χ3n) is 5.02. The zero-order valence-corrected chi connectivity index (χ0v) is 14.3. The van der Waals surface area contributed by atoms with Crippen molar-refractivity contribution in [3.05, 3.63) is 33.5 Å². The van der Waals surface area contributed by atoms with E-state index in [9.17, 15) is 4.79 Å². The molecule has 0 spiro atoms. The van der Waals surface area contributed by atoms with Crippen LogP contribution < -0.4 is 0 Å². The number of thiazole rings is 1. The van der Waals surface area contributed by atoms with Gasteiger partial charge in [0.15, 0.2) is 0 Å². The number of amides is 1. The quantitative estimate of drug-likeness (QED) is 0.850. The third-order valence-corrected chi connectivity index (χ3v) is 5.90. The van der Waals surface area contributed by atoms with Crippen molar-refractivity contribution in [2.45, 2.75) is 51.0 Å². The van der Waals surface area contributed by atoms with E-state index in [1.54, 1.807) is 11.3 Å². The smallest absolute Gasteiger partial charge is 0.273 e. The van der Waals surface area contributed by atoms with Crippen LogP contribution in [0.4, 0.5) is 0 Å². The lowest BCUT2D eigenvalue weighted by Gasteiger charge is -2.34. The molecule has 0 unspecified atom stereocenters. The van der Waals surface area contributed by atoms with Crippen LogP contribution in [0.2, 0.25) is 0 Å². The SMILES string of the molecule is Cn1nc2c(c1C(=O)N1CCCC[C@H]1c1nccs1)CCCC2. The Morgan fingerprint density at radius 2 is 2.13 bits per heavy atom. The van der Waals surface area contributed by atoms with Gasteiger partial charge in [-0.2, -0.15) is 5.10 Å². The van der Waals surface area contributed by atoms with Gasteiger partial charge in [0.25, 0.3) is 5.91 Å². The first-order valence-corrected chi connectivity index (χ1v) is 9.39. The number of rotatable bonds is 2. The van der Waals surface area contributed by atoms with Gasteiger partial charge in [-0.25, -0.2) is 4.98 Å². The molecule has 4 rings (SSSR count). The van der Waals surface area contributed by atoms with Crippen molar-refractivity contribution in [2.24, 2.45) is 7.05 Å². The highest BCUT2D eigenvalue weighted by molar-refractivity contribution is 7.09. The molecule has 1 aliphatic carbocycles. The molecule has 2 aliphatic rings. The fourth-order valence-electron chi connectivity index (χ4n) is 3.92. The van der Waals surface area contributed by atoms with Crippen LogP contribution in [-0.4, -0.2) is 32.1 Å². The lowest BCUT2D eigenvalue weighted by molar-refractivity contribution is 0.0598. The number of fused-ring (bicyclic) bond motifs is 1. The normalized spacial score (nSPS) is 21.3. The molecule has 122 valence electrons. The van der Waals surface area contributed by atoms with Gasteiger partial charge in [-0.15, -0.1) is 11.3 Å². The first-order valence-electron chi connectivity index (χ1n) is 8.51. The van der Waals surface area contributed by atoms with Crippen molar-refractivity contribution >= 4 is 17.2 Å². The Kier molecular flexibility index (Phi) is 3.93. The number of hydrogen-bond acceptors (Lipinski definition) is 4. The Hall–Kier alpha value is -1.69. The van der Waals surface area contributed by atoms with Crippen LogP contribution in [0, 0.1) is 0 Å². The summed E-state index contributed by atoms with van der Waals surface area (Å²) in [5.74, 6) is 0.142. The van der Waals surface area contributed by atoms with Crippen molar-refractivity contribution < 1.29 is 4.79 Å². The summed E-state index contributed by atoms with van der Waals surface area (Å²) in [6, 6.07) is 0.130. The molecule has 2 aromatic heterocycles. The second-order valence-electron chi connectivity index (χ2n) is 6.49. The van der Waals surface area contributed by atoms with Gasteiger partial charge in [-0.1, -0.05) is 0 Å². The zero-order valence-electron chi connectivity index (χ0n) is 13.5. The molecule has 5 nitrogen and oxygen atoms in total. The summed E-state index contributed by atoms with van der Waals surface area (Å²) in [4.78, 5) is 19.8. The molecular formula is C17H22N4OS. The Morgan fingerprint density at radius 3 is 2.96 bits per heavy atom. The van der Waals surface area contributed by atoms with Crippen LogP contribution in [0.3, 0.4) is 0 Å². The van der Waals surface area contributed by atoms with E-state index in [0.717, 1.165) is 61.5 Å². The van der Waals surface area contributed by atoms with Crippen molar-refractivity contribution in [3.63, 3.8) is 0 Å². The molecule has 1 atom stereocenters. The van der Waals surface area contributed by atoms with Crippen LogP contribution in [0.25, 0.3) is 0 Å².